The molecule has 1 heterocycles. The Balaban J connectivity index is 1.87. The molecule has 2 aromatic rings. The Hall–Kier alpha value is -1.41. The number of carbonyl (C=O) groups is 1. The topological polar surface area (TPSA) is 17.1 Å². The van der Waals surface area contributed by atoms with Gasteiger partial charge in [0.25, 0.3) is 0 Å². The number of benzene rings is 1. The van der Waals surface area contributed by atoms with Gasteiger partial charge < -0.3 is 0 Å². The van der Waals surface area contributed by atoms with Gasteiger partial charge in [0, 0.05) is 10.4 Å². The van der Waals surface area contributed by atoms with Crippen LogP contribution in [0.5, 0.6) is 0 Å². The fourth-order valence-corrected chi connectivity index (χ4v) is 2.65. The Bertz CT molecular complexity index is 445. The van der Waals surface area contributed by atoms with Crippen molar-refractivity contribution in [3.63, 3.8) is 0 Å². The molecule has 0 aliphatic carbocycles. The first-order valence-corrected chi connectivity index (χ1v) is 6.33. The second-order valence-corrected chi connectivity index (χ2v) is 4.76. The number of aldehydes is 1. The highest BCUT2D eigenvalue weighted by Crippen LogP contribution is 2.17. The molecule has 82 valence electrons. The predicted octanol–water partition coefficient (Wildman–Crippen LogP) is 3.74. The van der Waals surface area contributed by atoms with Crippen LogP contribution in [0, 0.1) is 0 Å². The monoisotopic (exact) mass is 230 g/mol. The average molecular weight is 230 g/mol. The molecule has 0 aliphatic heterocycles. The van der Waals surface area contributed by atoms with Crippen molar-refractivity contribution >= 4 is 17.6 Å². The van der Waals surface area contributed by atoms with E-state index in [0.29, 0.717) is 0 Å². The van der Waals surface area contributed by atoms with Gasteiger partial charge in [-0.15, -0.1) is 11.3 Å². The van der Waals surface area contributed by atoms with E-state index in [9.17, 15) is 4.79 Å². The minimum Gasteiger partial charge on any atom is -0.298 e. The van der Waals surface area contributed by atoms with Crippen molar-refractivity contribution in [1.29, 1.82) is 0 Å². The molecule has 0 unspecified atom stereocenters. The molecule has 0 fully saturated rings. The lowest BCUT2D eigenvalue weighted by atomic mass is 10.1. The Morgan fingerprint density at radius 1 is 1.06 bits per heavy atom. The third-order valence-corrected chi connectivity index (χ3v) is 3.62. The molecule has 2 rings (SSSR count). The first-order valence-electron chi connectivity index (χ1n) is 5.45. The zero-order valence-corrected chi connectivity index (χ0v) is 9.87. The van der Waals surface area contributed by atoms with Crippen LogP contribution < -0.4 is 0 Å². The van der Waals surface area contributed by atoms with E-state index < -0.39 is 0 Å². The average Bonchev–Trinajstić information content (AvgIpc) is 2.78. The predicted molar refractivity (Wildman–Crippen MR) is 68.2 cm³/mol. The van der Waals surface area contributed by atoms with Crippen molar-refractivity contribution in [3.05, 3.63) is 57.8 Å². The molecule has 16 heavy (non-hydrogen) atoms. The van der Waals surface area contributed by atoms with E-state index in [0.717, 1.165) is 31.1 Å². The van der Waals surface area contributed by atoms with E-state index in [4.69, 9.17) is 0 Å². The molecule has 0 radical (unpaired) electrons. The third-order valence-electron chi connectivity index (χ3n) is 2.62. The maximum atomic E-state index is 10.7. The third kappa shape index (κ3) is 2.80. The Morgan fingerprint density at radius 3 is 2.62 bits per heavy atom. The van der Waals surface area contributed by atoms with Gasteiger partial charge in [0.05, 0.1) is 0 Å². The SMILES string of the molecule is O=Cc1ccsc1CCCc1ccccc1. The van der Waals surface area contributed by atoms with E-state index in [1.165, 1.54) is 10.4 Å². The van der Waals surface area contributed by atoms with Crippen molar-refractivity contribution in [3.8, 4) is 0 Å². The van der Waals surface area contributed by atoms with Gasteiger partial charge in [-0.3, -0.25) is 4.79 Å². The summed E-state index contributed by atoms with van der Waals surface area (Å²) in [5.41, 5.74) is 2.23. The summed E-state index contributed by atoms with van der Waals surface area (Å²) in [6.07, 6.45) is 4.14. The molecule has 0 N–H and O–H groups in total. The van der Waals surface area contributed by atoms with E-state index in [1.54, 1.807) is 11.3 Å². The molecule has 1 aromatic carbocycles. The molecule has 0 saturated carbocycles. The van der Waals surface area contributed by atoms with Gasteiger partial charge in [-0.2, -0.15) is 0 Å². The van der Waals surface area contributed by atoms with Gasteiger partial charge in [0.15, 0.2) is 6.29 Å². The van der Waals surface area contributed by atoms with E-state index in [2.05, 4.69) is 24.3 Å². The van der Waals surface area contributed by atoms with Gasteiger partial charge in [-0.25, -0.2) is 0 Å². The molecule has 1 aromatic heterocycles. The van der Waals surface area contributed by atoms with E-state index in [-0.39, 0.29) is 0 Å². The van der Waals surface area contributed by atoms with Gasteiger partial charge in [0.2, 0.25) is 0 Å². The van der Waals surface area contributed by atoms with Gasteiger partial charge in [0.1, 0.15) is 0 Å². The molecule has 0 amide bonds. The number of rotatable bonds is 5. The Kier molecular flexibility index (Phi) is 3.89. The van der Waals surface area contributed by atoms with Crippen molar-refractivity contribution < 1.29 is 4.79 Å². The lowest BCUT2D eigenvalue weighted by Crippen LogP contribution is -1.90. The second-order valence-electron chi connectivity index (χ2n) is 3.76. The summed E-state index contributed by atoms with van der Waals surface area (Å²) >= 11 is 1.68. The van der Waals surface area contributed by atoms with Crippen molar-refractivity contribution in [1.82, 2.24) is 0 Å². The summed E-state index contributed by atoms with van der Waals surface area (Å²) in [5.74, 6) is 0. The van der Waals surface area contributed by atoms with Crippen LogP contribution in [0.3, 0.4) is 0 Å². The number of thiophene rings is 1. The normalized spacial score (nSPS) is 10.2. The summed E-state index contributed by atoms with van der Waals surface area (Å²) in [6, 6.07) is 12.4. The summed E-state index contributed by atoms with van der Waals surface area (Å²) in [5, 5.41) is 1.99. The number of carbonyl (C=O) groups excluding carboxylic acids is 1. The molecular formula is C14H14OS. The first kappa shape index (κ1) is 11.1. The van der Waals surface area contributed by atoms with E-state index >= 15 is 0 Å². The summed E-state index contributed by atoms with van der Waals surface area (Å²) in [6.45, 7) is 0. The quantitative estimate of drug-likeness (QED) is 0.715. The lowest BCUT2D eigenvalue weighted by molar-refractivity contribution is 0.112. The highest BCUT2D eigenvalue weighted by Gasteiger charge is 2.02. The smallest absolute Gasteiger partial charge is 0.151 e. The molecule has 0 bridgehead atoms. The second kappa shape index (κ2) is 5.61. The fraction of sp³-hybridized carbons (Fsp3) is 0.214. The first-order chi connectivity index (χ1) is 7.90. The van der Waals surface area contributed by atoms with Crippen LogP contribution >= 0.6 is 11.3 Å². The molecule has 0 atom stereocenters. The zero-order valence-electron chi connectivity index (χ0n) is 9.06. The zero-order chi connectivity index (χ0) is 11.2. The number of hydrogen-bond donors (Lipinski definition) is 0. The summed E-state index contributed by atoms with van der Waals surface area (Å²) in [4.78, 5) is 11.9. The lowest BCUT2D eigenvalue weighted by Gasteiger charge is -2.00. The van der Waals surface area contributed by atoms with Gasteiger partial charge in [-0.1, -0.05) is 30.3 Å². The molecule has 2 heteroatoms. The molecule has 0 spiro atoms. The summed E-state index contributed by atoms with van der Waals surface area (Å²) in [7, 11) is 0. The Morgan fingerprint density at radius 2 is 1.88 bits per heavy atom. The van der Waals surface area contributed by atoms with Crippen LogP contribution in [0.2, 0.25) is 0 Å². The number of aryl methyl sites for hydroxylation is 2. The molecule has 0 saturated heterocycles. The highest BCUT2D eigenvalue weighted by molar-refractivity contribution is 7.10. The van der Waals surface area contributed by atoms with Crippen LogP contribution in [0.1, 0.15) is 27.2 Å². The largest absolute Gasteiger partial charge is 0.298 e. The minimum atomic E-state index is 0.859. The molecule has 1 nitrogen and oxygen atoms in total. The Labute approximate surface area is 99.8 Å². The number of hydrogen-bond acceptors (Lipinski definition) is 2. The minimum absolute atomic E-state index is 0.859. The maximum absolute atomic E-state index is 10.7. The standard InChI is InChI=1S/C14H14OS/c15-11-13-9-10-16-14(13)8-4-7-12-5-2-1-3-6-12/h1-3,5-6,9-11H,4,7-8H2. The molecular weight excluding hydrogens is 216 g/mol. The highest BCUT2D eigenvalue weighted by atomic mass is 32.1. The van der Waals surface area contributed by atoms with Gasteiger partial charge in [-0.05, 0) is 36.3 Å². The van der Waals surface area contributed by atoms with Crippen LogP contribution in [0.25, 0.3) is 0 Å². The fourth-order valence-electron chi connectivity index (χ4n) is 1.76. The van der Waals surface area contributed by atoms with E-state index in [1.807, 2.05) is 17.5 Å². The van der Waals surface area contributed by atoms with Crippen LogP contribution in [0.4, 0.5) is 0 Å². The van der Waals surface area contributed by atoms with Gasteiger partial charge >= 0.3 is 0 Å². The van der Waals surface area contributed by atoms with Crippen molar-refractivity contribution in [2.24, 2.45) is 0 Å². The van der Waals surface area contributed by atoms with Crippen LogP contribution in [0.15, 0.2) is 41.8 Å². The van der Waals surface area contributed by atoms with Crippen LogP contribution in [-0.4, -0.2) is 6.29 Å². The summed E-state index contributed by atoms with van der Waals surface area (Å²) < 4.78 is 0. The maximum Gasteiger partial charge on any atom is 0.151 e. The van der Waals surface area contributed by atoms with Crippen molar-refractivity contribution in [2.75, 3.05) is 0 Å². The molecule has 0 aliphatic rings. The van der Waals surface area contributed by atoms with Crippen molar-refractivity contribution in [2.45, 2.75) is 19.3 Å². The van der Waals surface area contributed by atoms with Crippen LogP contribution in [-0.2, 0) is 12.8 Å².